The van der Waals surface area contributed by atoms with Gasteiger partial charge in [0, 0.05) is 34.9 Å². The Labute approximate surface area is 102 Å². The first-order chi connectivity index (χ1) is 7.65. The number of aryl methyl sites for hydroxylation is 2. The van der Waals surface area contributed by atoms with Gasteiger partial charge in [-0.1, -0.05) is 0 Å². The molecule has 0 saturated heterocycles. The largest absolute Gasteiger partial charge is 0.312 e. The van der Waals surface area contributed by atoms with Gasteiger partial charge in [-0.3, -0.25) is 0 Å². The first kappa shape index (κ1) is 12.1. The van der Waals surface area contributed by atoms with E-state index < -0.39 is 0 Å². The summed E-state index contributed by atoms with van der Waals surface area (Å²) in [7, 11) is 0. The minimum atomic E-state index is 0.559. The summed E-state index contributed by atoms with van der Waals surface area (Å²) >= 11 is 1.91. The van der Waals surface area contributed by atoms with E-state index in [9.17, 15) is 0 Å². The van der Waals surface area contributed by atoms with Gasteiger partial charge in [-0.2, -0.15) is 0 Å². The van der Waals surface area contributed by atoms with Crippen LogP contribution in [0.3, 0.4) is 0 Å². The van der Waals surface area contributed by atoms with Gasteiger partial charge in [-0.15, -0.1) is 11.3 Å². The van der Waals surface area contributed by atoms with Gasteiger partial charge in [-0.25, -0.2) is 0 Å². The lowest BCUT2D eigenvalue weighted by Crippen LogP contribution is -2.36. The summed E-state index contributed by atoms with van der Waals surface area (Å²) in [5, 5.41) is 7.12. The van der Waals surface area contributed by atoms with Crippen LogP contribution in [-0.2, 0) is 6.54 Å². The summed E-state index contributed by atoms with van der Waals surface area (Å²) in [5.41, 5.74) is 1.42. The maximum absolute atomic E-state index is 3.57. The Morgan fingerprint density at radius 3 is 2.75 bits per heavy atom. The number of rotatable bonds is 6. The molecule has 0 bridgehead atoms. The molecule has 1 aromatic rings. The normalized spacial score (nSPS) is 17.7. The van der Waals surface area contributed by atoms with Crippen molar-refractivity contribution in [3.05, 3.63) is 21.4 Å². The molecule has 3 heteroatoms. The maximum Gasteiger partial charge on any atom is 0.0302 e. The van der Waals surface area contributed by atoms with Crippen LogP contribution in [0, 0.1) is 13.8 Å². The quantitative estimate of drug-likeness (QED) is 0.796. The third-order valence-electron chi connectivity index (χ3n) is 3.13. The fraction of sp³-hybridized carbons (Fsp3) is 0.692. The van der Waals surface area contributed by atoms with E-state index in [4.69, 9.17) is 0 Å². The zero-order valence-corrected chi connectivity index (χ0v) is 11.3. The highest BCUT2D eigenvalue weighted by atomic mass is 32.1. The fourth-order valence-corrected chi connectivity index (χ4v) is 2.72. The van der Waals surface area contributed by atoms with Crippen molar-refractivity contribution in [1.82, 2.24) is 10.6 Å². The molecule has 1 heterocycles. The van der Waals surface area contributed by atoms with Crippen LogP contribution in [-0.4, -0.2) is 18.6 Å². The molecule has 1 atom stereocenters. The van der Waals surface area contributed by atoms with Crippen molar-refractivity contribution >= 4 is 11.3 Å². The van der Waals surface area contributed by atoms with Crippen molar-refractivity contribution in [2.24, 2.45) is 0 Å². The van der Waals surface area contributed by atoms with Crippen LogP contribution in [0.5, 0.6) is 0 Å². The summed E-state index contributed by atoms with van der Waals surface area (Å²) in [5.74, 6) is 0. The minimum Gasteiger partial charge on any atom is -0.312 e. The van der Waals surface area contributed by atoms with E-state index in [0.29, 0.717) is 6.04 Å². The molecule has 1 aliphatic rings. The lowest BCUT2D eigenvalue weighted by Gasteiger charge is -2.13. The van der Waals surface area contributed by atoms with Crippen LogP contribution in [0.4, 0.5) is 0 Å². The molecule has 1 saturated carbocycles. The molecular weight excluding hydrogens is 216 g/mol. The molecule has 0 aromatic carbocycles. The molecule has 0 amide bonds. The summed E-state index contributed by atoms with van der Waals surface area (Å²) in [6, 6.07) is 3.67. The Morgan fingerprint density at radius 2 is 2.19 bits per heavy atom. The van der Waals surface area contributed by atoms with Crippen molar-refractivity contribution in [2.45, 2.75) is 52.2 Å². The average molecular weight is 238 g/mol. The van der Waals surface area contributed by atoms with E-state index in [0.717, 1.165) is 19.1 Å². The Morgan fingerprint density at radius 1 is 1.44 bits per heavy atom. The lowest BCUT2D eigenvalue weighted by molar-refractivity contribution is 0.502. The number of thiophene rings is 1. The van der Waals surface area contributed by atoms with Crippen LogP contribution in [0.1, 0.15) is 35.1 Å². The van der Waals surface area contributed by atoms with Crippen molar-refractivity contribution in [2.75, 3.05) is 6.54 Å². The van der Waals surface area contributed by atoms with E-state index in [-0.39, 0.29) is 0 Å². The molecule has 1 fully saturated rings. The van der Waals surface area contributed by atoms with E-state index in [1.807, 2.05) is 11.3 Å². The monoisotopic (exact) mass is 238 g/mol. The molecule has 2 nitrogen and oxygen atoms in total. The Hall–Kier alpha value is -0.380. The average Bonchev–Trinajstić information content (AvgIpc) is 3.01. The van der Waals surface area contributed by atoms with Gasteiger partial charge in [0.15, 0.2) is 0 Å². The summed E-state index contributed by atoms with van der Waals surface area (Å²) in [6.45, 7) is 8.73. The number of nitrogens with one attached hydrogen (secondary N) is 2. The highest BCUT2D eigenvalue weighted by Crippen LogP contribution is 2.20. The van der Waals surface area contributed by atoms with Gasteiger partial charge >= 0.3 is 0 Å². The molecule has 1 aliphatic carbocycles. The summed E-state index contributed by atoms with van der Waals surface area (Å²) in [6.07, 6.45) is 2.74. The highest BCUT2D eigenvalue weighted by Gasteiger charge is 2.20. The summed E-state index contributed by atoms with van der Waals surface area (Å²) < 4.78 is 0. The molecule has 0 radical (unpaired) electrons. The van der Waals surface area contributed by atoms with Gasteiger partial charge in [-0.05, 0) is 45.2 Å². The maximum atomic E-state index is 3.57. The van der Waals surface area contributed by atoms with E-state index in [2.05, 4.69) is 37.5 Å². The van der Waals surface area contributed by atoms with Crippen molar-refractivity contribution < 1.29 is 0 Å². The van der Waals surface area contributed by atoms with Gasteiger partial charge in [0.2, 0.25) is 0 Å². The van der Waals surface area contributed by atoms with Crippen LogP contribution in [0.2, 0.25) is 0 Å². The predicted molar refractivity (Wildman–Crippen MR) is 71.1 cm³/mol. The molecule has 16 heavy (non-hydrogen) atoms. The Bertz CT molecular complexity index is 322. The van der Waals surface area contributed by atoms with Crippen LogP contribution in [0.15, 0.2) is 6.07 Å². The van der Waals surface area contributed by atoms with Gasteiger partial charge in [0.1, 0.15) is 0 Å². The molecule has 2 N–H and O–H groups in total. The third-order valence-corrected chi connectivity index (χ3v) is 4.28. The van der Waals surface area contributed by atoms with Crippen molar-refractivity contribution in [3.8, 4) is 0 Å². The first-order valence-corrected chi connectivity index (χ1v) is 6.99. The van der Waals surface area contributed by atoms with Crippen LogP contribution in [0.25, 0.3) is 0 Å². The second kappa shape index (κ2) is 5.30. The fourth-order valence-electron chi connectivity index (χ4n) is 1.71. The third kappa shape index (κ3) is 3.58. The SMILES string of the molecule is Cc1cc(CNC(C)CNC2CC2)sc1C. The second-order valence-corrected chi connectivity index (χ2v) is 6.26. The van der Waals surface area contributed by atoms with Crippen molar-refractivity contribution in [3.63, 3.8) is 0 Å². The topological polar surface area (TPSA) is 24.1 Å². The van der Waals surface area contributed by atoms with Crippen molar-refractivity contribution in [1.29, 1.82) is 0 Å². The molecule has 1 aromatic heterocycles. The number of hydrogen-bond donors (Lipinski definition) is 2. The zero-order valence-electron chi connectivity index (χ0n) is 10.5. The smallest absolute Gasteiger partial charge is 0.0302 e. The van der Waals surface area contributed by atoms with E-state index in [1.165, 1.54) is 28.2 Å². The Balaban J connectivity index is 1.68. The van der Waals surface area contributed by atoms with E-state index >= 15 is 0 Å². The molecule has 2 rings (SSSR count). The standard InChI is InChI=1S/C13H22N2S/c1-9-6-13(16-11(9)3)8-14-10(2)7-15-12-4-5-12/h6,10,12,14-15H,4-5,7-8H2,1-3H3. The first-order valence-electron chi connectivity index (χ1n) is 6.18. The van der Waals surface area contributed by atoms with Gasteiger partial charge in [0.25, 0.3) is 0 Å². The van der Waals surface area contributed by atoms with Gasteiger partial charge in [0.05, 0.1) is 0 Å². The Kier molecular flexibility index (Phi) is 4.00. The minimum absolute atomic E-state index is 0.559. The zero-order chi connectivity index (χ0) is 11.5. The van der Waals surface area contributed by atoms with Gasteiger partial charge < -0.3 is 10.6 Å². The van der Waals surface area contributed by atoms with Crippen LogP contribution < -0.4 is 10.6 Å². The molecule has 0 aliphatic heterocycles. The highest BCUT2D eigenvalue weighted by molar-refractivity contribution is 7.12. The van der Waals surface area contributed by atoms with E-state index in [1.54, 1.807) is 0 Å². The molecular formula is C13H22N2S. The second-order valence-electron chi connectivity index (χ2n) is 4.92. The predicted octanol–water partition coefficient (Wildman–Crippen LogP) is 2.60. The summed E-state index contributed by atoms with van der Waals surface area (Å²) in [4.78, 5) is 2.90. The lowest BCUT2D eigenvalue weighted by atomic mass is 10.2. The van der Waals surface area contributed by atoms with Crippen LogP contribution >= 0.6 is 11.3 Å². The molecule has 0 spiro atoms. The number of hydrogen-bond acceptors (Lipinski definition) is 3. The molecule has 1 unspecified atom stereocenters. The molecule has 90 valence electrons.